The molecular formula is C20H23N3O6S. The largest absolute Gasteiger partial charge is 0.493 e. The molecular weight excluding hydrogens is 410 g/mol. The Bertz CT molecular complexity index is 1050. The minimum Gasteiger partial charge on any atom is -0.493 e. The van der Waals surface area contributed by atoms with Gasteiger partial charge in [0.15, 0.2) is 11.5 Å². The van der Waals surface area contributed by atoms with Crippen molar-refractivity contribution in [3.05, 3.63) is 42.5 Å². The fraction of sp³-hybridized carbons (Fsp3) is 0.300. The van der Waals surface area contributed by atoms with Crippen LogP contribution < -0.4 is 24.4 Å². The van der Waals surface area contributed by atoms with Gasteiger partial charge in [0.25, 0.3) is 0 Å². The Kier molecular flexibility index (Phi) is 6.28. The van der Waals surface area contributed by atoms with Gasteiger partial charge in [-0.3, -0.25) is 9.59 Å². The van der Waals surface area contributed by atoms with Crippen LogP contribution in [0.1, 0.15) is 13.3 Å². The van der Waals surface area contributed by atoms with Crippen LogP contribution in [0.15, 0.2) is 47.4 Å². The van der Waals surface area contributed by atoms with Gasteiger partial charge in [-0.15, -0.1) is 0 Å². The predicted octanol–water partition coefficient (Wildman–Crippen LogP) is 1.75. The molecule has 10 heteroatoms. The molecule has 1 saturated heterocycles. The SMILES string of the molecule is COc1ccc(N2CC(NS(=O)(=O)c3ccc(NC(C)=O)cc3)CC2=O)cc1OC. The smallest absolute Gasteiger partial charge is 0.240 e. The second-order valence-corrected chi connectivity index (χ2v) is 8.49. The number of amides is 2. The number of hydrogen-bond donors (Lipinski definition) is 2. The summed E-state index contributed by atoms with van der Waals surface area (Å²) in [6, 6.07) is 10.3. The maximum absolute atomic E-state index is 12.7. The highest BCUT2D eigenvalue weighted by Gasteiger charge is 2.34. The standard InChI is InChI=1S/C20H23N3O6S/c1-13(24)21-14-4-7-17(8-5-14)30(26,27)22-15-10-20(25)23(12-15)16-6-9-18(28-2)19(11-16)29-3/h4-9,11,15,22H,10,12H2,1-3H3,(H,21,24). The van der Waals surface area contributed by atoms with E-state index in [-0.39, 0.29) is 29.7 Å². The summed E-state index contributed by atoms with van der Waals surface area (Å²) in [5.74, 6) is 0.568. The van der Waals surface area contributed by atoms with Crippen LogP contribution in [-0.2, 0) is 19.6 Å². The summed E-state index contributed by atoms with van der Waals surface area (Å²) >= 11 is 0. The molecule has 1 atom stereocenters. The lowest BCUT2D eigenvalue weighted by Gasteiger charge is -2.19. The van der Waals surface area contributed by atoms with E-state index in [1.165, 1.54) is 50.3 Å². The second kappa shape index (κ2) is 8.72. The predicted molar refractivity (Wildman–Crippen MR) is 111 cm³/mol. The summed E-state index contributed by atoms with van der Waals surface area (Å²) in [5, 5.41) is 2.58. The third-order valence-corrected chi connectivity index (χ3v) is 6.15. The maximum atomic E-state index is 12.7. The topological polar surface area (TPSA) is 114 Å². The molecule has 0 saturated carbocycles. The Morgan fingerprint density at radius 3 is 2.33 bits per heavy atom. The van der Waals surface area contributed by atoms with Gasteiger partial charge in [0.2, 0.25) is 21.8 Å². The number of ether oxygens (including phenoxy) is 2. The minimum atomic E-state index is -3.83. The number of sulfonamides is 1. The number of benzene rings is 2. The van der Waals surface area contributed by atoms with E-state index in [9.17, 15) is 18.0 Å². The monoisotopic (exact) mass is 433 g/mol. The van der Waals surface area contributed by atoms with E-state index < -0.39 is 16.1 Å². The number of hydrogen-bond acceptors (Lipinski definition) is 6. The number of nitrogens with one attached hydrogen (secondary N) is 2. The molecule has 1 aliphatic heterocycles. The zero-order chi connectivity index (χ0) is 21.9. The summed E-state index contributed by atoms with van der Waals surface area (Å²) in [4.78, 5) is 25.1. The van der Waals surface area contributed by atoms with Crippen molar-refractivity contribution in [1.82, 2.24) is 4.72 Å². The molecule has 0 radical (unpaired) electrons. The molecule has 2 N–H and O–H groups in total. The first-order valence-electron chi connectivity index (χ1n) is 9.16. The van der Waals surface area contributed by atoms with Crippen LogP contribution in [0.2, 0.25) is 0 Å². The van der Waals surface area contributed by atoms with E-state index in [0.29, 0.717) is 22.9 Å². The van der Waals surface area contributed by atoms with E-state index in [4.69, 9.17) is 9.47 Å². The van der Waals surface area contributed by atoms with Crippen LogP contribution in [0, 0.1) is 0 Å². The number of rotatable bonds is 7. The molecule has 0 aromatic heterocycles. The Labute approximate surface area is 175 Å². The van der Waals surface area contributed by atoms with Crippen molar-refractivity contribution in [2.45, 2.75) is 24.3 Å². The Morgan fingerprint density at radius 1 is 1.07 bits per heavy atom. The lowest BCUT2D eigenvalue weighted by atomic mass is 10.2. The van der Waals surface area contributed by atoms with Crippen molar-refractivity contribution in [2.24, 2.45) is 0 Å². The zero-order valence-corrected chi connectivity index (χ0v) is 17.7. The number of carbonyl (C=O) groups is 2. The minimum absolute atomic E-state index is 0.0392. The summed E-state index contributed by atoms with van der Waals surface area (Å²) in [6.45, 7) is 1.56. The van der Waals surface area contributed by atoms with Crippen molar-refractivity contribution in [1.29, 1.82) is 0 Å². The summed E-state index contributed by atoms with van der Waals surface area (Å²) in [5.41, 5.74) is 1.09. The first-order chi connectivity index (χ1) is 14.2. The van der Waals surface area contributed by atoms with Gasteiger partial charge < -0.3 is 19.7 Å². The molecule has 0 spiro atoms. The van der Waals surface area contributed by atoms with Crippen LogP contribution in [0.4, 0.5) is 11.4 Å². The molecule has 1 heterocycles. The van der Waals surface area contributed by atoms with E-state index in [2.05, 4.69) is 10.0 Å². The van der Waals surface area contributed by atoms with Crippen LogP contribution in [0.5, 0.6) is 11.5 Å². The lowest BCUT2D eigenvalue weighted by molar-refractivity contribution is -0.117. The van der Waals surface area contributed by atoms with Crippen molar-refractivity contribution < 1.29 is 27.5 Å². The Hall–Kier alpha value is -3.11. The third kappa shape index (κ3) is 4.71. The molecule has 2 aromatic carbocycles. The zero-order valence-electron chi connectivity index (χ0n) is 16.8. The maximum Gasteiger partial charge on any atom is 0.240 e. The highest BCUT2D eigenvalue weighted by molar-refractivity contribution is 7.89. The molecule has 9 nitrogen and oxygen atoms in total. The van der Waals surface area contributed by atoms with Crippen LogP contribution in [-0.4, -0.2) is 47.0 Å². The van der Waals surface area contributed by atoms with Gasteiger partial charge in [0.05, 0.1) is 19.1 Å². The lowest BCUT2D eigenvalue weighted by Crippen LogP contribution is -2.37. The van der Waals surface area contributed by atoms with Crippen molar-refractivity contribution >= 4 is 33.2 Å². The Morgan fingerprint density at radius 2 is 1.73 bits per heavy atom. The summed E-state index contributed by atoms with van der Waals surface area (Å²) < 4.78 is 38.4. The van der Waals surface area contributed by atoms with E-state index in [1.807, 2.05) is 0 Å². The van der Waals surface area contributed by atoms with Gasteiger partial charge in [-0.2, -0.15) is 0 Å². The molecule has 1 aliphatic rings. The summed E-state index contributed by atoms with van der Waals surface area (Å²) in [6.07, 6.45) is 0.0392. The average Bonchev–Trinajstić information content (AvgIpc) is 3.06. The third-order valence-electron chi connectivity index (χ3n) is 4.61. The molecule has 0 bridgehead atoms. The molecule has 1 fully saturated rings. The van der Waals surface area contributed by atoms with Crippen LogP contribution in [0.3, 0.4) is 0 Å². The van der Waals surface area contributed by atoms with Crippen molar-refractivity contribution in [3.63, 3.8) is 0 Å². The summed E-state index contributed by atoms with van der Waals surface area (Å²) in [7, 11) is -0.806. The first kappa shape index (κ1) is 21.6. The average molecular weight is 433 g/mol. The van der Waals surface area contributed by atoms with Gasteiger partial charge in [-0.25, -0.2) is 13.1 Å². The second-order valence-electron chi connectivity index (χ2n) is 6.77. The van der Waals surface area contributed by atoms with E-state index in [0.717, 1.165) is 0 Å². The van der Waals surface area contributed by atoms with Gasteiger partial charge in [0, 0.05) is 43.4 Å². The Balaban J connectivity index is 1.72. The van der Waals surface area contributed by atoms with Crippen LogP contribution in [0.25, 0.3) is 0 Å². The fourth-order valence-electron chi connectivity index (χ4n) is 3.24. The quantitative estimate of drug-likeness (QED) is 0.688. The van der Waals surface area contributed by atoms with Crippen LogP contribution >= 0.6 is 0 Å². The highest BCUT2D eigenvalue weighted by Crippen LogP contribution is 2.33. The molecule has 160 valence electrons. The van der Waals surface area contributed by atoms with Gasteiger partial charge >= 0.3 is 0 Å². The molecule has 1 unspecified atom stereocenters. The van der Waals surface area contributed by atoms with Crippen molar-refractivity contribution in [3.8, 4) is 11.5 Å². The number of carbonyl (C=O) groups excluding carboxylic acids is 2. The molecule has 2 aromatic rings. The molecule has 2 amide bonds. The fourth-order valence-corrected chi connectivity index (χ4v) is 4.46. The number of nitrogens with zero attached hydrogens (tertiary/aromatic N) is 1. The molecule has 30 heavy (non-hydrogen) atoms. The van der Waals surface area contributed by atoms with E-state index in [1.54, 1.807) is 18.2 Å². The van der Waals surface area contributed by atoms with Crippen molar-refractivity contribution in [2.75, 3.05) is 31.0 Å². The molecule has 0 aliphatic carbocycles. The first-order valence-corrected chi connectivity index (χ1v) is 10.6. The molecule has 3 rings (SSSR count). The normalized spacial score (nSPS) is 16.4. The number of anilines is 2. The highest BCUT2D eigenvalue weighted by atomic mass is 32.2. The van der Waals surface area contributed by atoms with Gasteiger partial charge in [-0.1, -0.05) is 0 Å². The van der Waals surface area contributed by atoms with Gasteiger partial charge in [-0.05, 0) is 36.4 Å². The van der Waals surface area contributed by atoms with E-state index >= 15 is 0 Å². The number of methoxy groups -OCH3 is 2. The van der Waals surface area contributed by atoms with Gasteiger partial charge in [0.1, 0.15) is 0 Å².